The predicted molar refractivity (Wildman–Crippen MR) is 66.4 cm³/mol. The van der Waals surface area contributed by atoms with Gasteiger partial charge in [-0.05, 0) is 44.9 Å². The quantitative estimate of drug-likeness (QED) is 0.811. The summed E-state index contributed by atoms with van der Waals surface area (Å²) in [7, 11) is 0. The van der Waals surface area contributed by atoms with Crippen LogP contribution in [-0.4, -0.2) is 18.0 Å². The monoisotopic (exact) mass is 220 g/mol. The number of carbonyl (C=O) groups is 1. The summed E-state index contributed by atoms with van der Waals surface area (Å²) < 4.78 is 0. The number of hydrogen-bond acceptors (Lipinski definition) is 2. The van der Waals surface area contributed by atoms with Crippen molar-refractivity contribution in [3.05, 3.63) is 35.4 Å². The summed E-state index contributed by atoms with van der Waals surface area (Å²) in [4.78, 5) is 11.6. The SMILES string of the molecule is CCNC(=O)c1cccc(CC(C)(C)N)c1. The maximum Gasteiger partial charge on any atom is 0.251 e. The maximum atomic E-state index is 11.6. The van der Waals surface area contributed by atoms with Crippen molar-refractivity contribution in [1.29, 1.82) is 0 Å². The highest BCUT2D eigenvalue weighted by Gasteiger charge is 2.12. The molecule has 1 rings (SSSR count). The highest BCUT2D eigenvalue weighted by Crippen LogP contribution is 2.12. The summed E-state index contributed by atoms with van der Waals surface area (Å²) in [5.41, 5.74) is 7.49. The molecule has 16 heavy (non-hydrogen) atoms. The minimum Gasteiger partial charge on any atom is -0.352 e. The van der Waals surface area contributed by atoms with Gasteiger partial charge in [0.2, 0.25) is 0 Å². The summed E-state index contributed by atoms with van der Waals surface area (Å²) in [6.45, 7) is 6.51. The van der Waals surface area contributed by atoms with Gasteiger partial charge in [0.25, 0.3) is 5.91 Å². The van der Waals surface area contributed by atoms with Gasteiger partial charge >= 0.3 is 0 Å². The molecular formula is C13H20N2O. The van der Waals surface area contributed by atoms with Crippen LogP contribution in [0.4, 0.5) is 0 Å². The van der Waals surface area contributed by atoms with E-state index in [1.165, 1.54) is 0 Å². The fourth-order valence-corrected chi connectivity index (χ4v) is 1.61. The van der Waals surface area contributed by atoms with Gasteiger partial charge in [-0.15, -0.1) is 0 Å². The minimum absolute atomic E-state index is 0.0285. The fourth-order valence-electron chi connectivity index (χ4n) is 1.61. The van der Waals surface area contributed by atoms with Crippen LogP contribution < -0.4 is 11.1 Å². The highest BCUT2D eigenvalue weighted by molar-refractivity contribution is 5.94. The molecule has 0 unspecified atom stereocenters. The fraction of sp³-hybridized carbons (Fsp3) is 0.462. The molecule has 0 saturated carbocycles. The Hall–Kier alpha value is -1.35. The number of carbonyl (C=O) groups excluding carboxylic acids is 1. The van der Waals surface area contributed by atoms with Crippen LogP contribution in [-0.2, 0) is 6.42 Å². The summed E-state index contributed by atoms with van der Waals surface area (Å²) in [6, 6.07) is 7.61. The molecule has 3 nitrogen and oxygen atoms in total. The molecule has 0 saturated heterocycles. The second kappa shape index (κ2) is 5.12. The predicted octanol–water partition coefficient (Wildman–Crippen LogP) is 1.72. The Labute approximate surface area is 97.0 Å². The van der Waals surface area contributed by atoms with Gasteiger partial charge < -0.3 is 11.1 Å². The minimum atomic E-state index is -0.250. The Morgan fingerprint density at radius 3 is 2.69 bits per heavy atom. The lowest BCUT2D eigenvalue weighted by atomic mass is 9.95. The van der Waals surface area contributed by atoms with E-state index in [2.05, 4.69) is 5.32 Å². The van der Waals surface area contributed by atoms with Gasteiger partial charge in [0.05, 0.1) is 0 Å². The third kappa shape index (κ3) is 4.03. The lowest BCUT2D eigenvalue weighted by molar-refractivity contribution is 0.0955. The van der Waals surface area contributed by atoms with E-state index in [1.807, 2.05) is 45.0 Å². The second-order valence-electron chi connectivity index (χ2n) is 4.73. The Bertz CT molecular complexity index is 366. The van der Waals surface area contributed by atoms with Crippen LogP contribution in [0.15, 0.2) is 24.3 Å². The molecule has 0 aliphatic heterocycles. The third-order valence-electron chi connectivity index (χ3n) is 2.19. The standard InChI is InChI=1S/C13H20N2O/c1-4-15-12(16)11-7-5-6-10(8-11)9-13(2,3)14/h5-8H,4,9,14H2,1-3H3,(H,15,16). The summed E-state index contributed by atoms with van der Waals surface area (Å²) in [5, 5.41) is 2.78. The topological polar surface area (TPSA) is 55.1 Å². The van der Waals surface area contributed by atoms with E-state index < -0.39 is 0 Å². The number of benzene rings is 1. The van der Waals surface area contributed by atoms with Gasteiger partial charge in [0, 0.05) is 17.6 Å². The van der Waals surface area contributed by atoms with E-state index in [4.69, 9.17) is 5.73 Å². The number of hydrogen-bond donors (Lipinski definition) is 2. The lowest BCUT2D eigenvalue weighted by Crippen LogP contribution is -2.34. The Morgan fingerprint density at radius 2 is 2.12 bits per heavy atom. The summed E-state index contributed by atoms with van der Waals surface area (Å²) >= 11 is 0. The molecule has 0 heterocycles. The number of nitrogens with two attached hydrogens (primary N) is 1. The molecular weight excluding hydrogens is 200 g/mol. The zero-order valence-corrected chi connectivity index (χ0v) is 10.2. The molecule has 1 aromatic rings. The zero-order chi connectivity index (χ0) is 12.2. The molecule has 0 aromatic heterocycles. The maximum absolute atomic E-state index is 11.6. The molecule has 1 amide bonds. The Kier molecular flexibility index (Phi) is 4.07. The van der Waals surface area contributed by atoms with Crippen molar-refractivity contribution in [3.8, 4) is 0 Å². The van der Waals surface area contributed by atoms with Gasteiger partial charge in [0.15, 0.2) is 0 Å². The molecule has 3 heteroatoms. The van der Waals surface area contributed by atoms with Crippen LogP contribution in [0.25, 0.3) is 0 Å². The molecule has 0 spiro atoms. The molecule has 0 bridgehead atoms. The highest BCUT2D eigenvalue weighted by atomic mass is 16.1. The van der Waals surface area contributed by atoms with Gasteiger partial charge in [0.1, 0.15) is 0 Å². The first-order valence-corrected chi connectivity index (χ1v) is 5.58. The van der Waals surface area contributed by atoms with Gasteiger partial charge in [-0.3, -0.25) is 4.79 Å². The van der Waals surface area contributed by atoms with E-state index in [-0.39, 0.29) is 11.4 Å². The van der Waals surface area contributed by atoms with Gasteiger partial charge in [-0.25, -0.2) is 0 Å². The molecule has 88 valence electrons. The van der Waals surface area contributed by atoms with Crippen molar-refractivity contribution in [3.63, 3.8) is 0 Å². The van der Waals surface area contributed by atoms with Crippen molar-refractivity contribution in [2.45, 2.75) is 32.7 Å². The van der Waals surface area contributed by atoms with Crippen molar-refractivity contribution >= 4 is 5.91 Å². The number of rotatable bonds is 4. The Morgan fingerprint density at radius 1 is 1.44 bits per heavy atom. The molecule has 0 fully saturated rings. The van der Waals surface area contributed by atoms with Crippen molar-refractivity contribution in [2.24, 2.45) is 5.73 Å². The van der Waals surface area contributed by atoms with E-state index in [0.717, 1.165) is 12.0 Å². The molecule has 0 aliphatic carbocycles. The second-order valence-corrected chi connectivity index (χ2v) is 4.73. The van der Waals surface area contributed by atoms with Crippen LogP contribution in [0.1, 0.15) is 36.7 Å². The third-order valence-corrected chi connectivity index (χ3v) is 2.19. The largest absolute Gasteiger partial charge is 0.352 e. The van der Waals surface area contributed by atoms with E-state index >= 15 is 0 Å². The first-order chi connectivity index (χ1) is 7.42. The Balaban J connectivity index is 2.83. The van der Waals surface area contributed by atoms with E-state index in [9.17, 15) is 4.79 Å². The normalized spacial score (nSPS) is 11.2. The average molecular weight is 220 g/mol. The summed E-state index contributed by atoms with van der Waals surface area (Å²) in [6.07, 6.45) is 0.764. The first kappa shape index (κ1) is 12.7. The lowest BCUT2D eigenvalue weighted by Gasteiger charge is -2.18. The average Bonchev–Trinajstić information content (AvgIpc) is 2.16. The smallest absolute Gasteiger partial charge is 0.251 e. The molecule has 0 atom stereocenters. The van der Waals surface area contributed by atoms with Gasteiger partial charge in [-0.1, -0.05) is 12.1 Å². The van der Waals surface area contributed by atoms with Crippen LogP contribution >= 0.6 is 0 Å². The van der Waals surface area contributed by atoms with Gasteiger partial charge in [-0.2, -0.15) is 0 Å². The molecule has 1 aromatic carbocycles. The van der Waals surface area contributed by atoms with E-state index in [1.54, 1.807) is 0 Å². The van der Waals surface area contributed by atoms with Crippen molar-refractivity contribution in [2.75, 3.05) is 6.54 Å². The molecule has 3 N–H and O–H groups in total. The molecule has 0 aliphatic rings. The molecule has 0 radical (unpaired) electrons. The van der Waals surface area contributed by atoms with Crippen molar-refractivity contribution in [1.82, 2.24) is 5.32 Å². The van der Waals surface area contributed by atoms with Crippen LogP contribution in [0, 0.1) is 0 Å². The van der Waals surface area contributed by atoms with Crippen LogP contribution in [0.5, 0.6) is 0 Å². The van der Waals surface area contributed by atoms with Crippen molar-refractivity contribution < 1.29 is 4.79 Å². The first-order valence-electron chi connectivity index (χ1n) is 5.58. The van der Waals surface area contributed by atoms with Crippen LogP contribution in [0.2, 0.25) is 0 Å². The summed E-state index contributed by atoms with van der Waals surface area (Å²) in [5.74, 6) is -0.0285. The van der Waals surface area contributed by atoms with Crippen LogP contribution in [0.3, 0.4) is 0 Å². The number of amides is 1. The zero-order valence-electron chi connectivity index (χ0n) is 10.2. The number of nitrogens with one attached hydrogen (secondary N) is 1. The van der Waals surface area contributed by atoms with E-state index in [0.29, 0.717) is 12.1 Å².